The van der Waals surface area contributed by atoms with Gasteiger partial charge >= 0.3 is 0 Å². The lowest BCUT2D eigenvalue weighted by atomic mass is 10.2. The summed E-state index contributed by atoms with van der Waals surface area (Å²) in [5.74, 6) is 0. The number of rotatable bonds is 0. The zero-order valence-corrected chi connectivity index (χ0v) is 6.46. The van der Waals surface area contributed by atoms with Gasteiger partial charge in [0, 0.05) is 5.56 Å². The molecule has 1 aromatic rings. The Labute approximate surface area is 65.6 Å². The van der Waals surface area contributed by atoms with E-state index in [2.05, 4.69) is 35.3 Å². The van der Waals surface area contributed by atoms with E-state index in [1.165, 1.54) is 11.1 Å². The molecule has 1 aliphatic rings. The van der Waals surface area contributed by atoms with Gasteiger partial charge in [0.25, 0.3) is 0 Å². The molecule has 56 valence electrons. The molecule has 2 rings (SSSR count). The first-order valence-electron chi connectivity index (χ1n) is 3.73. The third-order valence-corrected chi connectivity index (χ3v) is 1.83. The fraction of sp³-hybridized carbons (Fsp3) is 0.222. The molecule has 0 saturated carbocycles. The van der Waals surface area contributed by atoms with Crippen molar-refractivity contribution in [2.24, 2.45) is 0 Å². The molecule has 1 aliphatic carbocycles. The SMILES string of the molecule is CC1=Cc2cn[nH]c2C=CC1. The Balaban J connectivity index is 2.55. The summed E-state index contributed by atoms with van der Waals surface area (Å²) in [5.41, 5.74) is 3.68. The highest BCUT2D eigenvalue weighted by atomic mass is 15.1. The van der Waals surface area contributed by atoms with E-state index in [0.29, 0.717) is 0 Å². The maximum atomic E-state index is 3.96. The molecule has 0 bridgehead atoms. The Morgan fingerprint density at radius 3 is 3.36 bits per heavy atom. The summed E-state index contributed by atoms with van der Waals surface area (Å²) in [6, 6.07) is 0. The monoisotopic (exact) mass is 146 g/mol. The molecule has 1 N–H and O–H groups in total. The van der Waals surface area contributed by atoms with Gasteiger partial charge in [-0.05, 0) is 19.4 Å². The van der Waals surface area contributed by atoms with Crippen molar-refractivity contribution in [1.82, 2.24) is 10.2 Å². The fourth-order valence-electron chi connectivity index (χ4n) is 1.24. The van der Waals surface area contributed by atoms with Crippen LogP contribution in [0.5, 0.6) is 0 Å². The van der Waals surface area contributed by atoms with E-state index in [9.17, 15) is 0 Å². The van der Waals surface area contributed by atoms with Crippen molar-refractivity contribution in [3.05, 3.63) is 29.1 Å². The van der Waals surface area contributed by atoms with Gasteiger partial charge in [0.2, 0.25) is 0 Å². The first kappa shape index (κ1) is 6.40. The summed E-state index contributed by atoms with van der Waals surface area (Å²) >= 11 is 0. The topological polar surface area (TPSA) is 28.7 Å². The standard InChI is InChI=1S/C9H10N2/c1-7-3-2-4-9-8(5-7)6-10-11-9/h2,4-6H,3H2,1H3,(H,10,11). The number of nitrogens with one attached hydrogen (secondary N) is 1. The lowest BCUT2D eigenvalue weighted by Gasteiger charge is -1.89. The van der Waals surface area contributed by atoms with Crippen molar-refractivity contribution in [1.29, 1.82) is 0 Å². The Morgan fingerprint density at radius 1 is 1.55 bits per heavy atom. The van der Waals surface area contributed by atoms with E-state index in [0.717, 1.165) is 12.1 Å². The average molecular weight is 146 g/mol. The van der Waals surface area contributed by atoms with Crippen LogP contribution in [0.15, 0.2) is 17.8 Å². The molecule has 0 aromatic carbocycles. The Kier molecular flexibility index (Phi) is 1.39. The molecule has 0 unspecified atom stereocenters. The predicted molar refractivity (Wildman–Crippen MR) is 45.9 cm³/mol. The second-order valence-electron chi connectivity index (χ2n) is 2.84. The average Bonchev–Trinajstić information content (AvgIpc) is 2.31. The molecular weight excluding hydrogens is 136 g/mol. The van der Waals surface area contributed by atoms with Crippen LogP contribution in [0.4, 0.5) is 0 Å². The van der Waals surface area contributed by atoms with Crippen molar-refractivity contribution < 1.29 is 0 Å². The number of nitrogens with zero attached hydrogens (tertiary/aromatic N) is 1. The van der Waals surface area contributed by atoms with Crippen molar-refractivity contribution in [3.8, 4) is 0 Å². The van der Waals surface area contributed by atoms with Crippen LogP contribution in [0.2, 0.25) is 0 Å². The van der Waals surface area contributed by atoms with Crippen LogP contribution in [0.1, 0.15) is 24.6 Å². The molecule has 0 radical (unpaired) electrons. The summed E-state index contributed by atoms with van der Waals surface area (Å²) in [5, 5.41) is 6.90. The zero-order chi connectivity index (χ0) is 7.68. The minimum absolute atomic E-state index is 1.04. The number of H-pyrrole nitrogens is 1. The number of aromatic amines is 1. The number of hydrogen-bond acceptors (Lipinski definition) is 1. The van der Waals surface area contributed by atoms with Crippen molar-refractivity contribution in [2.45, 2.75) is 13.3 Å². The van der Waals surface area contributed by atoms with E-state index >= 15 is 0 Å². The zero-order valence-electron chi connectivity index (χ0n) is 6.46. The van der Waals surface area contributed by atoms with Crippen LogP contribution in [-0.4, -0.2) is 10.2 Å². The van der Waals surface area contributed by atoms with Crippen molar-refractivity contribution >= 4 is 12.2 Å². The maximum absolute atomic E-state index is 3.96. The smallest absolute Gasteiger partial charge is 0.0647 e. The van der Waals surface area contributed by atoms with Gasteiger partial charge in [-0.3, -0.25) is 5.10 Å². The lowest BCUT2D eigenvalue weighted by molar-refractivity contribution is 1.08. The normalized spacial score (nSPS) is 15.5. The molecule has 1 heterocycles. The number of allylic oxidation sites excluding steroid dienone is 2. The minimum Gasteiger partial charge on any atom is -0.278 e. The number of hydrogen-bond donors (Lipinski definition) is 1. The predicted octanol–water partition coefficient (Wildman–Crippen LogP) is 2.23. The van der Waals surface area contributed by atoms with Crippen LogP contribution >= 0.6 is 0 Å². The first-order valence-corrected chi connectivity index (χ1v) is 3.73. The summed E-state index contributed by atoms with van der Waals surface area (Å²) in [6.45, 7) is 2.13. The molecule has 0 amide bonds. The van der Waals surface area contributed by atoms with Crippen LogP contribution in [0, 0.1) is 0 Å². The molecule has 0 aliphatic heterocycles. The maximum Gasteiger partial charge on any atom is 0.0647 e. The van der Waals surface area contributed by atoms with Gasteiger partial charge in [0.1, 0.15) is 0 Å². The molecule has 0 spiro atoms. The van der Waals surface area contributed by atoms with Gasteiger partial charge in [-0.2, -0.15) is 5.10 Å². The van der Waals surface area contributed by atoms with E-state index in [1.807, 2.05) is 6.20 Å². The fourth-order valence-corrected chi connectivity index (χ4v) is 1.24. The van der Waals surface area contributed by atoms with Crippen LogP contribution in [0.3, 0.4) is 0 Å². The molecule has 2 nitrogen and oxygen atoms in total. The first-order chi connectivity index (χ1) is 5.36. The largest absolute Gasteiger partial charge is 0.278 e. The third kappa shape index (κ3) is 1.11. The van der Waals surface area contributed by atoms with E-state index < -0.39 is 0 Å². The molecule has 2 heteroatoms. The molecule has 0 fully saturated rings. The van der Waals surface area contributed by atoms with Gasteiger partial charge in [0.05, 0.1) is 11.9 Å². The molecular formula is C9H10N2. The summed E-state index contributed by atoms with van der Waals surface area (Å²) in [7, 11) is 0. The lowest BCUT2D eigenvalue weighted by Crippen LogP contribution is -1.73. The Hall–Kier alpha value is -1.31. The van der Waals surface area contributed by atoms with Crippen molar-refractivity contribution in [2.75, 3.05) is 0 Å². The molecule has 0 saturated heterocycles. The molecule has 1 aromatic heterocycles. The quantitative estimate of drug-likeness (QED) is 0.597. The van der Waals surface area contributed by atoms with Gasteiger partial charge in [-0.15, -0.1) is 0 Å². The molecule has 11 heavy (non-hydrogen) atoms. The highest BCUT2D eigenvalue weighted by Gasteiger charge is 2.01. The van der Waals surface area contributed by atoms with Gasteiger partial charge in [-0.25, -0.2) is 0 Å². The van der Waals surface area contributed by atoms with Crippen molar-refractivity contribution in [3.63, 3.8) is 0 Å². The minimum atomic E-state index is 1.04. The summed E-state index contributed by atoms with van der Waals surface area (Å²) in [6.07, 6.45) is 9.29. The number of aromatic nitrogens is 2. The third-order valence-electron chi connectivity index (χ3n) is 1.83. The second-order valence-corrected chi connectivity index (χ2v) is 2.84. The highest BCUT2D eigenvalue weighted by molar-refractivity contribution is 5.65. The number of fused-ring (bicyclic) bond motifs is 1. The Bertz CT molecular complexity index is 318. The van der Waals surface area contributed by atoms with Crippen LogP contribution < -0.4 is 0 Å². The van der Waals surface area contributed by atoms with E-state index in [1.54, 1.807) is 0 Å². The van der Waals surface area contributed by atoms with Gasteiger partial charge in [-0.1, -0.05) is 17.7 Å². The van der Waals surface area contributed by atoms with E-state index in [-0.39, 0.29) is 0 Å². The summed E-state index contributed by atoms with van der Waals surface area (Å²) < 4.78 is 0. The Morgan fingerprint density at radius 2 is 2.45 bits per heavy atom. The van der Waals surface area contributed by atoms with Gasteiger partial charge in [0.15, 0.2) is 0 Å². The summed E-state index contributed by atoms with van der Waals surface area (Å²) in [4.78, 5) is 0. The highest BCUT2D eigenvalue weighted by Crippen LogP contribution is 2.17. The van der Waals surface area contributed by atoms with Crippen LogP contribution in [0.25, 0.3) is 12.2 Å². The molecule has 0 atom stereocenters. The van der Waals surface area contributed by atoms with Gasteiger partial charge < -0.3 is 0 Å². The van der Waals surface area contributed by atoms with Crippen LogP contribution in [-0.2, 0) is 0 Å². The van der Waals surface area contributed by atoms with E-state index in [4.69, 9.17) is 0 Å². The second kappa shape index (κ2) is 2.38.